The standard InChI is InChI=1S/C25H24Cl2N6O2/c1-31-11-13-32(14-12-31)18-6-4-17(5-7-18)28-25-29-23(19-8-3-16(26)15-21(19)27)20-9-10-22(34)33(35-2)24(20)30-25/h3-10,15H,11-14H2,1-2H3,(H,28,29,30). The predicted octanol–water partition coefficient (Wildman–Crippen LogP) is 4.32. The van der Waals surface area contributed by atoms with Gasteiger partial charge in [0.25, 0.3) is 5.56 Å². The molecule has 2 aromatic heterocycles. The summed E-state index contributed by atoms with van der Waals surface area (Å²) in [6, 6.07) is 16.4. The molecule has 0 bridgehead atoms. The normalized spacial score (nSPS) is 14.3. The maximum atomic E-state index is 12.4. The number of likely N-dealkylation sites (N-methyl/N-ethyl adjacent to an activating group) is 1. The topological polar surface area (TPSA) is 75.5 Å². The van der Waals surface area contributed by atoms with Crippen LogP contribution in [0, 0.1) is 0 Å². The molecule has 180 valence electrons. The van der Waals surface area contributed by atoms with Crippen LogP contribution in [0.3, 0.4) is 0 Å². The van der Waals surface area contributed by atoms with Gasteiger partial charge in [-0.15, -0.1) is 4.73 Å². The van der Waals surface area contributed by atoms with E-state index in [9.17, 15) is 4.79 Å². The van der Waals surface area contributed by atoms with Crippen molar-refractivity contribution in [3.05, 3.63) is 75.0 Å². The van der Waals surface area contributed by atoms with Crippen molar-refractivity contribution in [1.82, 2.24) is 19.6 Å². The SMILES string of the molecule is COn1c(=O)ccc2c(-c3ccc(Cl)cc3Cl)nc(Nc3ccc(N4CCN(C)CC4)cc3)nc21. The fraction of sp³-hybridized carbons (Fsp3) is 0.240. The number of hydrogen-bond acceptors (Lipinski definition) is 7. The molecule has 0 spiro atoms. The van der Waals surface area contributed by atoms with Gasteiger partial charge in [-0.05, 0) is 55.6 Å². The van der Waals surface area contributed by atoms with Gasteiger partial charge in [-0.2, -0.15) is 4.98 Å². The summed E-state index contributed by atoms with van der Waals surface area (Å²) in [5.74, 6) is 0.308. The third-order valence-corrected chi connectivity index (χ3v) is 6.62. The number of pyridine rings is 1. The summed E-state index contributed by atoms with van der Waals surface area (Å²) in [5.41, 5.74) is 3.20. The Kier molecular flexibility index (Phi) is 6.51. The smallest absolute Gasteiger partial charge is 0.285 e. The van der Waals surface area contributed by atoms with Crippen molar-refractivity contribution in [2.45, 2.75) is 0 Å². The fourth-order valence-corrected chi connectivity index (χ4v) is 4.66. The minimum Gasteiger partial charge on any atom is -0.412 e. The molecule has 0 amide bonds. The summed E-state index contributed by atoms with van der Waals surface area (Å²) < 4.78 is 1.13. The number of nitrogens with one attached hydrogen (secondary N) is 1. The lowest BCUT2D eigenvalue weighted by Gasteiger charge is -2.34. The maximum absolute atomic E-state index is 12.4. The Labute approximate surface area is 212 Å². The quantitative estimate of drug-likeness (QED) is 0.428. The third kappa shape index (κ3) is 4.77. The molecule has 2 aromatic carbocycles. The van der Waals surface area contributed by atoms with Gasteiger partial charge in [0.1, 0.15) is 7.11 Å². The summed E-state index contributed by atoms with van der Waals surface area (Å²) in [5, 5.41) is 4.83. The molecule has 0 aliphatic carbocycles. The van der Waals surface area contributed by atoms with E-state index in [2.05, 4.69) is 39.3 Å². The van der Waals surface area contributed by atoms with Gasteiger partial charge in [0.05, 0.1) is 10.7 Å². The average molecular weight is 511 g/mol. The van der Waals surface area contributed by atoms with Crippen LogP contribution in [0.25, 0.3) is 22.3 Å². The van der Waals surface area contributed by atoms with Crippen molar-refractivity contribution in [3.63, 3.8) is 0 Å². The lowest BCUT2D eigenvalue weighted by Crippen LogP contribution is -2.44. The van der Waals surface area contributed by atoms with Gasteiger partial charge in [0, 0.05) is 59.6 Å². The minimum atomic E-state index is -0.339. The van der Waals surface area contributed by atoms with Crippen LogP contribution in [0.15, 0.2) is 59.4 Å². The first-order valence-electron chi connectivity index (χ1n) is 11.2. The molecule has 0 unspecified atom stereocenters. The monoisotopic (exact) mass is 510 g/mol. The molecule has 1 N–H and O–H groups in total. The van der Waals surface area contributed by atoms with E-state index in [1.165, 1.54) is 18.9 Å². The molecule has 1 aliphatic heterocycles. The van der Waals surface area contributed by atoms with E-state index >= 15 is 0 Å². The Hall–Kier alpha value is -3.33. The van der Waals surface area contributed by atoms with Crippen LogP contribution in [0.5, 0.6) is 0 Å². The lowest BCUT2D eigenvalue weighted by molar-refractivity contribution is 0.167. The van der Waals surface area contributed by atoms with E-state index < -0.39 is 0 Å². The summed E-state index contributed by atoms with van der Waals surface area (Å²) in [6.07, 6.45) is 0. The van der Waals surface area contributed by atoms with Crippen LogP contribution in [0.2, 0.25) is 10.0 Å². The van der Waals surface area contributed by atoms with Crippen molar-refractivity contribution in [2.75, 3.05) is 50.6 Å². The molecule has 35 heavy (non-hydrogen) atoms. The Morgan fingerprint density at radius 1 is 0.943 bits per heavy atom. The number of aromatic nitrogens is 3. The Morgan fingerprint density at radius 2 is 1.69 bits per heavy atom. The van der Waals surface area contributed by atoms with Gasteiger partial charge >= 0.3 is 0 Å². The highest BCUT2D eigenvalue weighted by Crippen LogP contribution is 2.34. The van der Waals surface area contributed by atoms with Crippen molar-refractivity contribution >= 4 is 51.6 Å². The molecule has 4 aromatic rings. The number of rotatable bonds is 5. The molecule has 3 heterocycles. The highest BCUT2D eigenvalue weighted by Gasteiger charge is 2.18. The first kappa shape index (κ1) is 23.4. The summed E-state index contributed by atoms with van der Waals surface area (Å²) in [4.78, 5) is 31.8. The Balaban J connectivity index is 1.54. The van der Waals surface area contributed by atoms with Crippen molar-refractivity contribution < 1.29 is 4.84 Å². The number of halogens is 2. The van der Waals surface area contributed by atoms with Crippen molar-refractivity contribution in [2.24, 2.45) is 0 Å². The second-order valence-electron chi connectivity index (χ2n) is 8.37. The molecule has 1 aliphatic rings. The van der Waals surface area contributed by atoms with E-state index in [0.29, 0.717) is 38.3 Å². The molecule has 1 saturated heterocycles. The van der Waals surface area contributed by atoms with E-state index in [-0.39, 0.29) is 5.56 Å². The van der Waals surface area contributed by atoms with Gasteiger partial charge in [-0.3, -0.25) is 4.79 Å². The maximum Gasteiger partial charge on any atom is 0.285 e. The number of fused-ring (bicyclic) bond motifs is 1. The molecule has 10 heteroatoms. The molecule has 0 atom stereocenters. The number of piperazine rings is 1. The summed E-state index contributed by atoms with van der Waals surface area (Å²) in [7, 11) is 3.56. The summed E-state index contributed by atoms with van der Waals surface area (Å²) in [6.45, 7) is 4.08. The van der Waals surface area contributed by atoms with E-state index in [1.54, 1.807) is 24.3 Å². The fourth-order valence-electron chi connectivity index (χ4n) is 4.16. The van der Waals surface area contributed by atoms with E-state index in [1.807, 2.05) is 12.1 Å². The average Bonchev–Trinajstić information content (AvgIpc) is 2.85. The number of anilines is 3. The third-order valence-electron chi connectivity index (χ3n) is 6.07. The minimum absolute atomic E-state index is 0.308. The van der Waals surface area contributed by atoms with E-state index in [0.717, 1.165) is 36.6 Å². The van der Waals surface area contributed by atoms with E-state index in [4.69, 9.17) is 33.0 Å². The van der Waals surface area contributed by atoms with Gasteiger partial charge in [0.15, 0.2) is 5.65 Å². The molecule has 0 saturated carbocycles. The van der Waals surface area contributed by atoms with Crippen LogP contribution in [0.1, 0.15) is 0 Å². The summed E-state index contributed by atoms with van der Waals surface area (Å²) >= 11 is 12.6. The second-order valence-corrected chi connectivity index (χ2v) is 9.21. The zero-order chi connectivity index (χ0) is 24.5. The zero-order valence-corrected chi connectivity index (χ0v) is 20.8. The number of hydrogen-bond donors (Lipinski definition) is 1. The van der Waals surface area contributed by atoms with Gasteiger partial charge in [-0.1, -0.05) is 23.2 Å². The molecular weight excluding hydrogens is 487 g/mol. The van der Waals surface area contributed by atoms with Crippen LogP contribution >= 0.6 is 23.2 Å². The molecule has 0 radical (unpaired) electrons. The predicted molar refractivity (Wildman–Crippen MR) is 141 cm³/mol. The first-order chi connectivity index (χ1) is 16.9. The van der Waals surface area contributed by atoms with Gasteiger partial charge in [-0.25, -0.2) is 4.98 Å². The van der Waals surface area contributed by atoms with Gasteiger partial charge in [0.2, 0.25) is 5.95 Å². The first-order valence-corrected chi connectivity index (χ1v) is 11.9. The second kappa shape index (κ2) is 9.73. The molecule has 5 rings (SSSR count). The number of nitrogens with zero attached hydrogens (tertiary/aromatic N) is 5. The van der Waals surface area contributed by atoms with Gasteiger partial charge < -0.3 is 20.0 Å². The number of benzene rings is 2. The van der Waals surface area contributed by atoms with Crippen LogP contribution in [0.4, 0.5) is 17.3 Å². The molecular formula is C25H24Cl2N6O2. The highest BCUT2D eigenvalue weighted by molar-refractivity contribution is 6.36. The molecule has 8 nitrogen and oxygen atoms in total. The van der Waals surface area contributed by atoms with Crippen LogP contribution < -0.4 is 20.6 Å². The zero-order valence-electron chi connectivity index (χ0n) is 19.3. The van der Waals surface area contributed by atoms with Crippen LogP contribution in [-0.2, 0) is 0 Å². The van der Waals surface area contributed by atoms with Crippen LogP contribution in [-0.4, -0.2) is 59.9 Å². The Bertz CT molecular complexity index is 1430. The molecule has 1 fully saturated rings. The largest absolute Gasteiger partial charge is 0.412 e. The lowest BCUT2D eigenvalue weighted by atomic mass is 10.1. The van der Waals surface area contributed by atoms with Crippen molar-refractivity contribution in [1.29, 1.82) is 0 Å². The Morgan fingerprint density at radius 3 is 2.37 bits per heavy atom. The highest BCUT2D eigenvalue weighted by atomic mass is 35.5. The van der Waals surface area contributed by atoms with Crippen molar-refractivity contribution in [3.8, 4) is 11.3 Å².